The highest BCUT2D eigenvalue weighted by molar-refractivity contribution is 8.13. The van der Waals surface area contributed by atoms with E-state index in [1.165, 1.54) is 0 Å². The van der Waals surface area contributed by atoms with Crippen LogP contribution in [0.2, 0.25) is 0 Å². The smallest absolute Gasteiger partial charge is 0.279 e. The Morgan fingerprint density at radius 1 is 1.44 bits per heavy atom. The van der Waals surface area contributed by atoms with Gasteiger partial charge in [-0.1, -0.05) is 12.5 Å². The summed E-state index contributed by atoms with van der Waals surface area (Å²) in [6, 6.07) is 3.72. The first-order chi connectivity index (χ1) is 8.48. The minimum Gasteiger partial charge on any atom is -0.289 e. The molecule has 96 valence electrons. The van der Waals surface area contributed by atoms with Gasteiger partial charge in [0, 0.05) is 22.8 Å². The topological polar surface area (TPSA) is 51.4 Å². The predicted octanol–water partition coefficient (Wildman–Crippen LogP) is 2.84. The highest BCUT2D eigenvalue weighted by Gasteiger charge is 2.31. The molecule has 1 aliphatic carbocycles. The van der Waals surface area contributed by atoms with Crippen LogP contribution in [-0.4, -0.2) is 17.8 Å². The van der Waals surface area contributed by atoms with E-state index in [-0.39, 0.29) is 10.9 Å². The van der Waals surface area contributed by atoms with E-state index in [1.807, 2.05) is 13.0 Å². The van der Waals surface area contributed by atoms with Crippen LogP contribution in [0.1, 0.15) is 36.4 Å². The summed E-state index contributed by atoms with van der Waals surface area (Å²) in [5.41, 5.74) is 2.26. The molecule has 1 saturated carbocycles. The summed E-state index contributed by atoms with van der Waals surface area (Å²) in [5.74, 6) is 0.229. The van der Waals surface area contributed by atoms with E-state index in [9.17, 15) is 8.42 Å². The van der Waals surface area contributed by atoms with Crippen LogP contribution in [0, 0.1) is 6.92 Å². The summed E-state index contributed by atoms with van der Waals surface area (Å²) >= 11 is 0. The van der Waals surface area contributed by atoms with Crippen molar-refractivity contribution in [2.75, 3.05) is 0 Å². The number of aromatic nitrogens is 2. The Labute approximate surface area is 110 Å². The van der Waals surface area contributed by atoms with Gasteiger partial charge in [0.2, 0.25) is 0 Å². The van der Waals surface area contributed by atoms with Gasteiger partial charge in [-0.05, 0) is 31.4 Å². The molecule has 0 unspecified atom stereocenters. The van der Waals surface area contributed by atoms with Gasteiger partial charge in [-0.2, -0.15) is 0 Å². The van der Waals surface area contributed by atoms with Gasteiger partial charge < -0.3 is 0 Å². The zero-order valence-electron chi connectivity index (χ0n) is 9.93. The molecule has 4 nitrogen and oxygen atoms in total. The number of imidazole rings is 1. The quantitative estimate of drug-likeness (QED) is 0.797. The van der Waals surface area contributed by atoms with Gasteiger partial charge in [0.25, 0.3) is 9.05 Å². The summed E-state index contributed by atoms with van der Waals surface area (Å²) in [6.07, 6.45) is 4.80. The molecule has 2 aromatic rings. The van der Waals surface area contributed by atoms with E-state index in [2.05, 4.69) is 4.98 Å². The van der Waals surface area contributed by atoms with Crippen molar-refractivity contribution in [1.82, 2.24) is 9.38 Å². The third-order valence-electron chi connectivity index (χ3n) is 3.55. The van der Waals surface area contributed by atoms with Crippen LogP contribution in [0.3, 0.4) is 0 Å². The number of rotatable bonds is 2. The van der Waals surface area contributed by atoms with Crippen LogP contribution in [0.5, 0.6) is 0 Å². The van der Waals surface area contributed by atoms with Gasteiger partial charge in [-0.3, -0.25) is 4.40 Å². The molecule has 0 radical (unpaired) electrons. The standard InChI is InChI=1S/C12H13ClN2O2S/c1-8-4-3-7-15-11(8)14-10(9-5-2-6-9)12(15)18(13,16)17/h3-4,7,9H,2,5-6H2,1H3. The molecule has 3 rings (SSSR count). The maximum absolute atomic E-state index is 11.8. The molecule has 1 aliphatic rings. The first kappa shape index (κ1) is 12.0. The Bertz CT molecular complexity index is 717. The monoisotopic (exact) mass is 284 g/mol. The van der Waals surface area contributed by atoms with Crippen LogP contribution in [-0.2, 0) is 9.05 Å². The summed E-state index contributed by atoms with van der Waals surface area (Å²) in [5, 5.41) is 0.146. The summed E-state index contributed by atoms with van der Waals surface area (Å²) in [6.45, 7) is 1.91. The highest BCUT2D eigenvalue weighted by Crippen LogP contribution is 2.40. The van der Waals surface area contributed by atoms with Crippen LogP contribution >= 0.6 is 10.7 Å². The number of fused-ring (bicyclic) bond motifs is 1. The minimum absolute atomic E-state index is 0.146. The third-order valence-corrected chi connectivity index (χ3v) is 4.86. The van der Waals surface area contributed by atoms with Crippen LogP contribution in [0.25, 0.3) is 5.65 Å². The van der Waals surface area contributed by atoms with E-state index >= 15 is 0 Å². The predicted molar refractivity (Wildman–Crippen MR) is 69.6 cm³/mol. The van der Waals surface area contributed by atoms with Gasteiger partial charge in [0.15, 0.2) is 5.03 Å². The Morgan fingerprint density at radius 3 is 2.72 bits per heavy atom. The molecule has 0 N–H and O–H groups in total. The molecule has 0 atom stereocenters. The lowest BCUT2D eigenvalue weighted by atomic mass is 9.83. The second-order valence-corrected chi connectivity index (χ2v) is 7.23. The van der Waals surface area contributed by atoms with Crippen molar-refractivity contribution in [2.45, 2.75) is 37.1 Å². The Kier molecular flexibility index (Phi) is 2.64. The molecule has 0 spiro atoms. The Balaban J connectivity index is 2.37. The van der Waals surface area contributed by atoms with E-state index < -0.39 is 9.05 Å². The average molecular weight is 285 g/mol. The number of halogens is 1. The van der Waals surface area contributed by atoms with Crippen LogP contribution in [0.15, 0.2) is 23.4 Å². The van der Waals surface area contributed by atoms with E-state index in [4.69, 9.17) is 10.7 Å². The number of pyridine rings is 1. The molecule has 6 heteroatoms. The van der Waals surface area contributed by atoms with E-state index in [0.717, 1.165) is 24.8 Å². The Morgan fingerprint density at radius 2 is 2.17 bits per heavy atom. The van der Waals surface area contributed by atoms with Gasteiger partial charge in [-0.25, -0.2) is 13.4 Å². The molecule has 1 fully saturated rings. The maximum Gasteiger partial charge on any atom is 0.279 e. The van der Waals surface area contributed by atoms with Gasteiger partial charge in [0.05, 0.1) is 5.69 Å². The molecule has 0 saturated heterocycles. The molecule has 2 heterocycles. The molecular weight excluding hydrogens is 272 g/mol. The minimum atomic E-state index is -3.78. The number of hydrogen-bond donors (Lipinski definition) is 0. The summed E-state index contributed by atoms with van der Waals surface area (Å²) < 4.78 is 25.2. The molecule has 18 heavy (non-hydrogen) atoms. The second-order valence-electron chi connectivity index (χ2n) is 4.75. The normalized spacial score (nSPS) is 17.0. The van der Waals surface area contributed by atoms with Crippen LogP contribution < -0.4 is 0 Å². The SMILES string of the molecule is Cc1cccn2c(S(=O)(=O)Cl)c(C3CCC3)nc12. The molecule has 0 aromatic carbocycles. The first-order valence-corrected chi connectivity index (χ1v) is 8.21. The van der Waals surface area contributed by atoms with Crippen molar-refractivity contribution in [3.63, 3.8) is 0 Å². The lowest BCUT2D eigenvalue weighted by Crippen LogP contribution is -2.12. The molecule has 0 bridgehead atoms. The average Bonchev–Trinajstić information content (AvgIpc) is 2.54. The van der Waals surface area contributed by atoms with Crippen molar-refractivity contribution in [3.05, 3.63) is 29.6 Å². The zero-order valence-corrected chi connectivity index (χ0v) is 11.5. The second kappa shape index (κ2) is 3.96. The highest BCUT2D eigenvalue weighted by atomic mass is 35.7. The Hall–Kier alpha value is -1.07. The molecule has 0 aliphatic heterocycles. The van der Waals surface area contributed by atoms with Crippen LogP contribution in [0.4, 0.5) is 0 Å². The fourth-order valence-electron chi connectivity index (χ4n) is 2.39. The zero-order chi connectivity index (χ0) is 12.9. The number of hydrogen-bond acceptors (Lipinski definition) is 3. The fraction of sp³-hybridized carbons (Fsp3) is 0.417. The summed E-state index contributed by atoms with van der Waals surface area (Å²) in [4.78, 5) is 4.50. The van der Waals surface area contributed by atoms with E-state index in [0.29, 0.717) is 11.3 Å². The number of nitrogens with zero attached hydrogens (tertiary/aromatic N) is 2. The van der Waals surface area contributed by atoms with Gasteiger partial charge >= 0.3 is 0 Å². The first-order valence-electron chi connectivity index (χ1n) is 5.90. The molecule has 2 aromatic heterocycles. The molecule has 0 amide bonds. The van der Waals surface area contributed by atoms with Crippen molar-refractivity contribution in [3.8, 4) is 0 Å². The summed E-state index contributed by atoms with van der Waals surface area (Å²) in [7, 11) is 1.79. The largest absolute Gasteiger partial charge is 0.289 e. The van der Waals surface area contributed by atoms with Crippen molar-refractivity contribution in [1.29, 1.82) is 0 Å². The van der Waals surface area contributed by atoms with Crippen molar-refractivity contribution < 1.29 is 8.42 Å². The maximum atomic E-state index is 11.8. The third kappa shape index (κ3) is 1.73. The van der Waals surface area contributed by atoms with E-state index in [1.54, 1.807) is 16.7 Å². The van der Waals surface area contributed by atoms with Crippen molar-refractivity contribution >= 4 is 25.4 Å². The van der Waals surface area contributed by atoms with Gasteiger partial charge in [-0.15, -0.1) is 0 Å². The van der Waals surface area contributed by atoms with Crippen molar-refractivity contribution in [2.24, 2.45) is 0 Å². The molecular formula is C12H13ClN2O2S. The lowest BCUT2D eigenvalue weighted by molar-refractivity contribution is 0.405. The fourth-order valence-corrected chi connectivity index (χ4v) is 3.69. The van der Waals surface area contributed by atoms with Gasteiger partial charge in [0.1, 0.15) is 5.65 Å². The number of aryl methyl sites for hydroxylation is 1. The lowest BCUT2D eigenvalue weighted by Gasteiger charge is -2.23.